The van der Waals surface area contributed by atoms with E-state index in [1.807, 2.05) is 42.5 Å². The zero-order valence-corrected chi connectivity index (χ0v) is 11.3. The van der Waals surface area contributed by atoms with Crippen LogP contribution >= 0.6 is 15.9 Å². The molecule has 0 fully saturated rings. The highest BCUT2D eigenvalue weighted by Gasteiger charge is 2.08. The molecule has 0 radical (unpaired) electrons. The fraction of sp³-hybridized carbons (Fsp3) is 0.0714. The summed E-state index contributed by atoms with van der Waals surface area (Å²) in [6.45, 7) is 0. The number of halogens is 1. The molecule has 2 aromatic carbocycles. The molecule has 0 aliphatic rings. The molecular formula is C14H10BrNO2. The Morgan fingerprint density at radius 3 is 2.61 bits per heavy atom. The molecule has 18 heavy (non-hydrogen) atoms. The highest BCUT2D eigenvalue weighted by Crippen LogP contribution is 2.27. The summed E-state index contributed by atoms with van der Waals surface area (Å²) in [4.78, 5) is 4.45. The lowest BCUT2D eigenvalue weighted by Gasteiger charge is -1.96. The van der Waals surface area contributed by atoms with Gasteiger partial charge < -0.3 is 9.15 Å². The van der Waals surface area contributed by atoms with Gasteiger partial charge in [0.1, 0.15) is 11.3 Å². The average molecular weight is 304 g/mol. The standard InChI is InChI=1S/C14H10BrNO2/c1-17-11-6-7-12-13(8-11)18-14(16-12)9-2-4-10(15)5-3-9/h2-8H,1H3. The molecule has 1 aromatic heterocycles. The van der Waals surface area contributed by atoms with Crippen molar-refractivity contribution in [3.8, 4) is 17.2 Å². The lowest BCUT2D eigenvalue weighted by Crippen LogP contribution is -1.80. The lowest BCUT2D eigenvalue weighted by atomic mass is 10.2. The number of aromatic nitrogens is 1. The maximum Gasteiger partial charge on any atom is 0.227 e. The van der Waals surface area contributed by atoms with Gasteiger partial charge in [0.15, 0.2) is 5.58 Å². The lowest BCUT2D eigenvalue weighted by molar-refractivity contribution is 0.414. The van der Waals surface area contributed by atoms with Crippen LogP contribution in [0.15, 0.2) is 51.4 Å². The van der Waals surface area contributed by atoms with Crippen LogP contribution in [0.5, 0.6) is 5.75 Å². The summed E-state index contributed by atoms with van der Waals surface area (Å²) in [5.74, 6) is 1.38. The molecule has 3 aromatic rings. The maximum atomic E-state index is 5.73. The molecule has 0 N–H and O–H groups in total. The van der Waals surface area contributed by atoms with Gasteiger partial charge in [0, 0.05) is 16.1 Å². The van der Waals surface area contributed by atoms with E-state index >= 15 is 0 Å². The third-order valence-electron chi connectivity index (χ3n) is 2.69. The Morgan fingerprint density at radius 1 is 1.11 bits per heavy atom. The number of fused-ring (bicyclic) bond motifs is 1. The summed E-state index contributed by atoms with van der Waals surface area (Å²) >= 11 is 3.40. The average Bonchev–Trinajstić information content (AvgIpc) is 2.82. The zero-order valence-electron chi connectivity index (χ0n) is 9.68. The van der Waals surface area contributed by atoms with Crippen LogP contribution in [-0.2, 0) is 0 Å². The number of hydrogen-bond donors (Lipinski definition) is 0. The first-order chi connectivity index (χ1) is 8.76. The van der Waals surface area contributed by atoms with Gasteiger partial charge in [-0.1, -0.05) is 15.9 Å². The van der Waals surface area contributed by atoms with Gasteiger partial charge in [-0.15, -0.1) is 0 Å². The van der Waals surface area contributed by atoms with Crippen molar-refractivity contribution in [1.82, 2.24) is 4.98 Å². The van der Waals surface area contributed by atoms with Crippen molar-refractivity contribution >= 4 is 27.0 Å². The minimum Gasteiger partial charge on any atom is -0.497 e. The van der Waals surface area contributed by atoms with Crippen molar-refractivity contribution in [1.29, 1.82) is 0 Å². The minimum absolute atomic E-state index is 0.616. The second-order valence-corrected chi connectivity index (χ2v) is 4.78. The molecular weight excluding hydrogens is 294 g/mol. The van der Waals surface area contributed by atoms with Crippen molar-refractivity contribution in [2.45, 2.75) is 0 Å². The predicted molar refractivity (Wildman–Crippen MR) is 73.7 cm³/mol. The topological polar surface area (TPSA) is 35.3 Å². The second-order valence-electron chi connectivity index (χ2n) is 3.86. The molecule has 3 rings (SSSR count). The van der Waals surface area contributed by atoms with Crippen molar-refractivity contribution in [2.75, 3.05) is 7.11 Å². The van der Waals surface area contributed by atoms with Gasteiger partial charge in [0.05, 0.1) is 7.11 Å². The Labute approximate surface area is 113 Å². The van der Waals surface area contributed by atoms with Crippen LogP contribution in [0.4, 0.5) is 0 Å². The number of rotatable bonds is 2. The van der Waals surface area contributed by atoms with E-state index in [1.54, 1.807) is 7.11 Å². The van der Waals surface area contributed by atoms with Gasteiger partial charge in [-0.05, 0) is 36.4 Å². The summed E-state index contributed by atoms with van der Waals surface area (Å²) in [6, 6.07) is 13.5. The van der Waals surface area contributed by atoms with Crippen LogP contribution in [0.1, 0.15) is 0 Å². The molecule has 0 unspecified atom stereocenters. The van der Waals surface area contributed by atoms with E-state index in [4.69, 9.17) is 9.15 Å². The van der Waals surface area contributed by atoms with Crippen LogP contribution < -0.4 is 4.74 Å². The van der Waals surface area contributed by atoms with E-state index < -0.39 is 0 Å². The molecule has 0 saturated heterocycles. The molecule has 0 aliphatic carbocycles. The number of ether oxygens (including phenoxy) is 1. The first kappa shape index (κ1) is 11.3. The molecule has 0 saturated carbocycles. The Balaban J connectivity index is 2.10. The van der Waals surface area contributed by atoms with Crippen molar-refractivity contribution < 1.29 is 9.15 Å². The van der Waals surface area contributed by atoms with Crippen LogP contribution in [0.25, 0.3) is 22.6 Å². The Hall–Kier alpha value is -1.81. The van der Waals surface area contributed by atoms with Crippen molar-refractivity contribution in [3.05, 3.63) is 46.9 Å². The largest absolute Gasteiger partial charge is 0.497 e. The van der Waals surface area contributed by atoms with Gasteiger partial charge in [-0.2, -0.15) is 0 Å². The highest BCUT2D eigenvalue weighted by molar-refractivity contribution is 9.10. The third kappa shape index (κ3) is 1.99. The van der Waals surface area contributed by atoms with Crippen LogP contribution in [0.3, 0.4) is 0 Å². The van der Waals surface area contributed by atoms with Crippen LogP contribution in [0.2, 0.25) is 0 Å². The van der Waals surface area contributed by atoms with Gasteiger partial charge in [0.25, 0.3) is 0 Å². The fourth-order valence-corrected chi connectivity index (χ4v) is 2.01. The Bertz CT molecular complexity index is 689. The molecule has 0 amide bonds. The first-order valence-corrected chi connectivity index (χ1v) is 6.26. The maximum absolute atomic E-state index is 5.73. The minimum atomic E-state index is 0.616. The van der Waals surface area contributed by atoms with Gasteiger partial charge >= 0.3 is 0 Å². The van der Waals surface area contributed by atoms with Gasteiger partial charge in [-0.3, -0.25) is 0 Å². The smallest absolute Gasteiger partial charge is 0.227 e. The summed E-state index contributed by atoms with van der Waals surface area (Å²) in [5, 5.41) is 0. The quantitative estimate of drug-likeness (QED) is 0.709. The second kappa shape index (κ2) is 4.46. The highest BCUT2D eigenvalue weighted by atomic mass is 79.9. The molecule has 3 nitrogen and oxygen atoms in total. The van der Waals surface area contributed by atoms with Gasteiger partial charge in [0.2, 0.25) is 5.89 Å². The summed E-state index contributed by atoms with van der Waals surface area (Å²) in [7, 11) is 1.63. The first-order valence-electron chi connectivity index (χ1n) is 5.47. The molecule has 0 bridgehead atoms. The fourth-order valence-electron chi connectivity index (χ4n) is 1.75. The Morgan fingerprint density at radius 2 is 1.89 bits per heavy atom. The number of hydrogen-bond acceptors (Lipinski definition) is 3. The zero-order chi connectivity index (χ0) is 12.5. The number of benzene rings is 2. The summed E-state index contributed by atoms with van der Waals surface area (Å²) < 4.78 is 11.9. The van der Waals surface area contributed by atoms with E-state index in [0.717, 1.165) is 26.9 Å². The molecule has 4 heteroatoms. The molecule has 0 atom stereocenters. The Kier molecular flexibility index (Phi) is 2.80. The normalized spacial score (nSPS) is 10.8. The van der Waals surface area contributed by atoms with Crippen molar-refractivity contribution in [3.63, 3.8) is 0 Å². The van der Waals surface area contributed by atoms with E-state index in [1.165, 1.54) is 0 Å². The third-order valence-corrected chi connectivity index (χ3v) is 3.22. The van der Waals surface area contributed by atoms with E-state index in [-0.39, 0.29) is 0 Å². The SMILES string of the molecule is COc1ccc2nc(-c3ccc(Br)cc3)oc2c1. The van der Waals surface area contributed by atoms with E-state index in [2.05, 4.69) is 20.9 Å². The molecule has 0 spiro atoms. The summed E-state index contributed by atoms with van der Waals surface area (Å²) in [6.07, 6.45) is 0. The monoisotopic (exact) mass is 303 g/mol. The summed E-state index contributed by atoms with van der Waals surface area (Å²) in [5.41, 5.74) is 2.51. The van der Waals surface area contributed by atoms with Crippen LogP contribution in [-0.4, -0.2) is 12.1 Å². The van der Waals surface area contributed by atoms with Crippen LogP contribution in [0, 0.1) is 0 Å². The number of methoxy groups -OCH3 is 1. The van der Waals surface area contributed by atoms with E-state index in [9.17, 15) is 0 Å². The molecule has 0 aliphatic heterocycles. The van der Waals surface area contributed by atoms with E-state index in [0.29, 0.717) is 5.89 Å². The predicted octanol–water partition coefficient (Wildman–Crippen LogP) is 4.27. The van der Waals surface area contributed by atoms with Crippen molar-refractivity contribution in [2.24, 2.45) is 0 Å². The molecule has 1 heterocycles. The number of oxazole rings is 1. The molecule has 90 valence electrons. The number of nitrogens with zero attached hydrogens (tertiary/aromatic N) is 1. The van der Waals surface area contributed by atoms with Gasteiger partial charge in [-0.25, -0.2) is 4.98 Å².